The van der Waals surface area contributed by atoms with Crippen LogP contribution in [0, 0.1) is 13.8 Å². The number of aliphatic imine (C=N–C) groups is 1. The molecule has 0 saturated heterocycles. The number of halogens is 1. The van der Waals surface area contributed by atoms with Gasteiger partial charge in [-0.05, 0) is 33.3 Å². The maximum Gasteiger partial charge on any atom is 0.191 e. The van der Waals surface area contributed by atoms with Crippen molar-refractivity contribution >= 4 is 41.3 Å². The fraction of sp³-hybridized carbons (Fsp3) is 0.533. The minimum Gasteiger partial charge on any atom is -0.357 e. The Balaban J connectivity index is 0.00000264. The van der Waals surface area contributed by atoms with Gasteiger partial charge < -0.3 is 10.6 Å². The van der Waals surface area contributed by atoms with Crippen LogP contribution >= 0.6 is 35.3 Å². The summed E-state index contributed by atoms with van der Waals surface area (Å²) in [6.45, 7) is 9.45. The molecule has 2 rings (SSSR count). The lowest BCUT2D eigenvalue weighted by Gasteiger charge is -2.11. The third-order valence-corrected chi connectivity index (χ3v) is 4.20. The minimum atomic E-state index is 0. The van der Waals surface area contributed by atoms with E-state index >= 15 is 0 Å². The fourth-order valence-electron chi connectivity index (χ4n) is 2.09. The van der Waals surface area contributed by atoms with Gasteiger partial charge in [0.05, 0.1) is 17.2 Å². The van der Waals surface area contributed by atoms with Crippen molar-refractivity contribution in [2.24, 2.45) is 4.99 Å². The van der Waals surface area contributed by atoms with Gasteiger partial charge in [-0.3, -0.25) is 4.68 Å². The maximum atomic E-state index is 4.63. The predicted octanol–water partition coefficient (Wildman–Crippen LogP) is 2.72. The molecule has 0 aliphatic heterocycles. The van der Waals surface area contributed by atoms with Crippen LogP contribution in [0.2, 0.25) is 0 Å². The van der Waals surface area contributed by atoms with Gasteiger partial charge in [-0.1, -0.05) is 0 Å². The van der Waals surface area contributed by atoms with Gasteiger partial charge in [-0.15, -0.1) is 35.3 Å². The lowest BCUT2D eigenvalue weighted by atomic mass is 10.4. The summed E-state index contributed by atoms with van der Waals surface area (Å²) in [5, 5.41) is 11.9. The van der Waals surface area contributed by atoms with Gasteiger partial charge in [-0.25, -0.2) is 9.98 Å². The molecule has 0 unspecified atom stereocenters. The van der Waals surface area contributed by atoms with Crippen LogP contribution in [0.3, 0.4) is 0 Å². The number of nitrogens with one attached hydrogen (secondary N) is 2. The second-order valence-corrected chi connectivity index (χ2v) is 6.27. The molecular formula is C15H25IN6S. The highest BCUT2D eigenvalue weighted by molar-refractivity contribution is 14.0. The van der Waals surface area contributed by atoms with Crippen molar-refractivity contribution in [3.05, 3.63) is 34.0 Å². The van der Waals surface area contributed by atoms with Crippen LogP contribution in [-0.2, 0) is 13.1 Å². The third kappa shape index (κ3) is 6.86. The monoisotopic (exact) mass is 448 g/mol. The number of aromatic nitrogens is 3. The Kier molecular flexibility index (Phi) is 9.15. The number of guanidine groups is 1. The van der Waals surface area contributed by atoms with Gasteiger partial charge in [0.25, 0.3) is 0 Å². The molecular weight excluding hydrogens is 423 g/mol. The largest absolute Gasteiger partial charge is 0.357 e. The fourth-order valence-corrected chi connectivity index (χ4v) is 2.95. The van der Waals surface area contributed by atoms with Crippen LogP contribution < -0.4 is 10.6 Å². The summed E-state index contributed by atoms with van der Waals surface area (Å²) in [6.07, 6.45) is 4.79. The minimum absolute atomic E-state index is 0. The summed E-state index contributed by atoms with van der Waals surface area (Å²) in [5.41, 5.74) is 1.08. The van der Waals surface area contributed by atoms with E-state index < -0.39 is 0 Å². The first-order valence-corrected chi connectivity index (χ1v) is 8.43. The molecule has 0 spiro atoms. The SMILES string of the molecule is CCNC(=NCc1sc(C)nc1C)NCCCn1cccn1.I. The topological polar surface area (TPSA) is 67.1 Å². The molecule has 0 aliphatic rings. The van der Waals surface area contributed by atoms with Crippen molar-refractivity contribution in [2.75, 3.05) is 13.1 Å². The molecule has 2 aromatic rings. The van der Waals surface area contributed by atoms with E-state index in [1.54, 1.807) is 17.5 Å². The molecule has 128 valence electrons. The molecule has 2 aromatic heterocycles. The summed E-state index contributed by atoms with van der Waals surface area (Å²) in [6, 6.07) is 1.94. The first-order valence-electron chi connectivity index (χ1n) is 7.61. The average molecular weight is 448 g/mol. The van der Waals surface area contributed by atoms with Crippen LogP contribution in [0.5, 0.6) is 0 Å². The third-order valence-electron chi connectivity index (χ3n) is 3.14. The quantitative estimate of drug-likeness (QED) is 0.296. The van der Waals surface area contributed by atoms with E-state index in [1.165, 1.54) is 4.88 Å². The molecule has 0 fully saturated rings. The Labute approximate surface area is 158 Å². The molecule has 0 amide bonds. The Morgan fingerprint density at radius 3 is 2.78 bits per heavy atom. The molecule has 0 bridgehead atoms. The van der Waals surface area contributed by atoms with E-state index in [4.69, 9.17) is 0 Å². The van der Waals surface area contributed by atoms with E-state index in [2.05, 4.69) is 32.6 Å². The molecule has 0 atom stereocenters. The lowest BCUT2D eigenvalue weighted by Crippen LogP contribution is -2.38. The first-order chi connectivity index (χ1) is 10.7. The van der Waals surface area contributed by atoms with Crippen molar-refractivity contribution in [1.82, 2.24) is 25.4 Å². The smallest absolute Gasteiger partial charge is 0.191 e. The molecule has 2 heterocycles. The predicted molar refractivity (Wildman–Crippen MR) is 107 cm³/mol. The zero-order chi connectivity index (χ0) is 15.8. The second-order valence-electron chi connectivity index (χ2n) is 4.99. The summed E-state index contributed by atoms with van der Waals surface area (Å²) >= 11 is 1.72. The van der Waals surface area contributed by atoms with Gasteiger partial charge in [-0.2, -0.15) is 5.10 Å². The Hall–Kier alpha value is -1.16. The lowest BCUT2D eigenvalue weighted by molar-refractivity contribution is 0.570. The normalized spacial score (nSPS) is 11.2. The number of hydrogen-bond acceptors (Lipinski definition) is 4. The first kappa shape index (κ1) is 19.9. The maximum absolute atomic E-state index is 4.63. The van der Waals surface area contributed by atoms with E-state index in [1.807, 2.05) is 30.8 Å². The van der Waals surface area contributed by atoms with Crippen molar-refractivity contribution in [3.8, 4) is 0 Å². The van der Waals surface area contributed by atoms with E-state index in [9.17, 15) is 0 Å². The Morgan fingerprint density at radius 1 is 1.35 bits per heavy atom. The average Bonchev–Trinajstić information content (AvgIpc) is 3.10. The standard InChI is InChI=1S/C15H24N6S.HI/c1-4-16-15(17-7-5-9-21-10-6-8-19-21)18-11-14-12(2)20-13(3)22-14;/h6,8,10H,4-5,7,9,11H2,1-3H3,(H2,16,17,18);1H. The van der Waals surface area contributed by atoms with Gasteiger partial charge in [0.1, 0.15) is 0 Å². The number of thiazole rings is 1. The summed E-state index contributed by atoms with van der Waals surface area (Å²) < 4.78 is 1.94. The van der Waals surface area contributed by atoms with Gasteiger partial charge in [0, 0.05) is 36.9 Å². The summed E-state index contributed by atoms with van der Waals surface area (Å²) in [5.74, 6) is 0.855. The second kappa shape index (κ2) is 10.6. The molecule has 0 aromatic carbocycles. The molecule has 8 heteroatoms. The zero-order valence-electron chi connectivity index (χ0n) is 13.9. The molecule has 23 heavy (non-hydrogen) atoms. The van der Waals surface area contributed by atoms with Crippen LogP contribution in [0.25, 0.3) is 0 Å². The Bertz CT molecular complexity index is 593. The van der Waals surface area contributed by atoms with Crippen molar-refractivity contribution in [2.45, 2.75) is 40.3 Å². The summed E-state index contributed by atoms with van der Waals surface area (Å²) in [4.78, 5) is 10.3. The highest BCUT2D eigenvalue weighted by Crippen LogP contribution is 2.17. The molecule has 0 saturated carbocycles. The van der Waals surface area contributed by atoms with Crippen LogP contribution in [-0.4, -0.2) is 33.8 Å². The number of rotatable bonds is 7. The van der Waals surface area contributed by atoms with E-state index in [-0.39, 0.29) is 24.0 Å². The van der Waals surface area contributed by atoms with Gasteiger partial charge >= 0.3 is 0 Å². The summed E-state index contributed by atoms with van der Waals surface area (Å²) in [7, 11) is 0. The van der Waals surface area contributed by atoms with E-state index in [0.717, 1.165) is 42.7 Å². The van der Waals surface area contributed by atoms with Crippen LogP contribution in [0.15, 0.2) is 23.5 Å². The molecule has 6 nitrogen and oxygen atoms in total. The number of aryl methyl sites for hydroxylation is 3. The highest BCUT2D eigenvalue weighted by atomic mass is 127. The van der Waals surface area contributed by atoms with Gasteiger partial charge in [0.15, 0.2) is 5.96 Å². The molecule has 0 aliphatic carbocycles. The molecule has 2 N–H and O–H groups in total. The molecule has 0 radical (unpaired) electrons. The number of nitrogens with zero attached hydrogens (tertiary/aromatic N) is 4. The van der Waals surface area contributed by atoms with Gasteiger partial charge in [0.2, 0.25) is 0 Å². The highest BCUT2D eigenvalue weighted by Gasteiger charge is 2.04. The van der Waals surface area contributed by atoms with Crippen molar-refractivity contribution in [1.29, 1.82) is 0 Å². The van der Waals surface area contributed by atoms with E-state index in [0.29, 0.717) is 6.54 Å². The zero-order valence-corrected chi connectivity index (χ0v) is 17.0. The van der Waals surface area contributed by atoms with Crippen molar-refractivity contribution < 1.29 is 0 Å². The Morgan fingerprint density at radius 2 is 2.17 bits per heavy atom. The van der Waals surface area contributed by atoms with Crippen molar-refractivity contribution in [3.63, 3.8) is 0 Å². The van der Waals surface area contributed by atoms with Crippen LogP contribution in [0.1, 0.15) is 28.9 Å². The van der Waals surface area contributed by atoms with Crippen LogP contribution in [0.4, 0.5) is 0 Å². The number of hydrogen-bond donors (Lipinski definition) is 2.